The molecule has 3 aromatic rings. The number of aromatic nitrogens is 2. The molecule has 0 aliphatic carbocycles. The second-order valence-electron chi connectivity index (χ2n) is 6.08. The molecule has 0 radical (unpaired) electrons. The van der Waals surface area contributed by atoms with Crippen LogP contribution in [0.4, 0.5) is 15.6 Å². The number of thioether (sulfide) groups is 1. The number of amides is 2. The second kappa shape index (κ2) is 10.4. The van der Waals surface area contributed by atoms with Crippen LogP contribution in [0.25, 0.3) is 0 Å². The topological polar surface area (TPSA) is 93.2 Å². The molecule has 10 heteroatoms. The Hall–Kier alpha value is -2.62. The number of nitrogens with zero attached hydrogens (tertiary/aromatic N) is 2. The van der Waals surface area contributed by atoms with E-state index < -0.39 is 11.3 Å². The zero-order valence-electron chi connectivity index (χ0n) is 16.2. The van der Waals surface area contributed by atoms with Gasteiger partial charge in [0.1, 0.15) is 5.25 Å². The van der Waals surface area contributed by atoms with Crippen molar-refractivity contribution in [1.29, 1.82) is 0 Å². The first-order valence-corrected chi connectivity index (χ1v) is 11.1. The number of carbonyl (C=O) groups is 2. The van der Waals surface area contributed by atoms with Crippen molar-refractivity contribution < 1.29 is 14.3 Å². The molecule has 1 heterocycles. The van der Waals surface area contributed by atoms with Crippen LogP contribution in [0.5, 0.6) is 0 Å². The van der Waals surface area contributed by atoms with E-state index in [0.717, 1.165) is 11.1 Å². The number of benzene rings is 2. The third kappa shape index (κ3) is 5.94. The summed E-state index contributed by atoms with van der Waals surface area (Å²) >= 11 is 8.58. The number of anilines is 2. The third-order valence-electron chi connectivity index (χ3n) is 3.89. The van der Waals surface area contributed by atoms with Gasteiger partial charge in [-0.2, -0.15) is 0 Å². The average molecular weight is 463 g/mol. The number of hydrogen-bond donors (Lipinski definition) is 2. The van der Waals surface area contributed by atoms with Crippen LogP contribution in [0.3, 0.4) is 0 Å². The molecule has 0 saturated heterocycles. The zero-order chi connectivity index (χ0) is 21.5. The molecule has 2 aromatic carbocycles. The minimum absolute atomic E-state index is 0.221. The average Bonchev–Trinajstić information content (AvgIpc) is 3.16. The Labute approximate surface area is 187 Å². The first-order chi connectivity index (χ1) is 14.5. The maximum atomic E-state index is 13.1. The van der Waals surface area contributed by atoms with E-state index in [1.807, 2.05) is 43.3 Å². The summed E-state index contributed by atoms with van der Waals surface area (Å²) in [5, 5.41) is 13.7. The van der Waals surface area contributed by atoms with E-state index in [9.17, 15) is 9.59 Å². The minimum Gasteiger partial charge on any atom is -0.450 e. The maximum absolute atomic E-state index is 13.1. The Balaban J connectivity index is 1.78. The summed E-state index contributed by atoms with van der Waals surface area (Å²) in [5.41, 5.74) is 2.35. The molecule has 1 atom stereocenters. The Morgan fingerprint density at radius 2 is 1.93 bits per heavy atom. The van der Waals surface area contributed by atoms with Crippen molar-refractivity contribution in [3.05, 3.63) is 64.7 Å². The highest BCUT2D eigenvalue weighted by Gasteiger charge is 2.24. The van der Waals surface area contributed by atoms with Crippen molar-refractivity contribution >= 4 is 57.5 Å². The van der Waals surface area contributed by atoms with E-state index in [0.29, 0.717) is 20.2 Å². The number of carbonyl (C=O) groups excluding carboxylic acids is 2. The molecule has 0 aliphatic heterocycles. The SMILES string of the molecule is CCOC(=O)Nc1nnc(SC(C(=O)Nc2ccc(C)c(Cl)c2)c2ccccc2)s1. The maximum Gasteiger partial charge on any atom is 0.413 e. The summed E-state index contributed by atoms with van der Waals surface area (Å²) in [6.45, 7) is 3.87. The highest BCUT2D eigenvalue weighted by atomic mass is 35.5. The van der Waals surface area contributed by atoms with Gasteiger partial charge in [0, 0.05) is 10.7 Å². The number of hydrogen-bond acceptors (Lipinski definition) is 7. The van der Waals surface area contributed by atoms with E-state index in [1.54, 1.807) is 19.1 Å². The normalized spacial score (nSPS) is 11.6. The molecule has 0 fully saturated rings. The number of ether oxygens (including phenoxy) is 1. The number of aryl methyl sites for hydroxylation is 1. The molecular formula is C20H19ClN4O3S2. The van der Waals surface area contributed by atoms with E-state index in [2.05, 4.69) is 20.8 Å². The zero-order valence-corrected chi connectivity index (χ0v) is 18.6. The summed E-state index contributed by atoms with van der Waals surface area (Å²) in [4.78, 5) is 24.6. The van der Waals surface area contributed by atoms with Crippen molar-refractivity contribution in [2.45, 2.75) is 23.4 Å². The van der Waals surface area contributed by atoms with Crippen LogP contribution in [0.15, 0.2) is 52.9 Å². The first kappa shape index (κ1) is 22.1. The fourth-order valence-electron chi connectivity index (χ4n) is 2.44. The van der Waals surface area contributed by atoms with Gasteiger partial charge in [-0.15, -0.1) is 10.2 Å². The monoisotopic (exact) mass is 462 g/mol. The Morgan fingerprint density at radius 3 is 2.63 bits per heavy atom. The summed E-state index contributed by atoms with van der Waals surface area (Å²) in [6, 6.07) is 14.7. The fourth-order valence-corrected chi connectivity index (χ4v) is 4.55. The van der Waals surface area contributed by atoms with Crippen LogP contribution >= 0.6 is 34.7 Å². The van der Waals surface area contributed by atoms with Crippen LogP contribution in [0.1, 0.15) is 23.3 Å². The van der Waals surface area contributed by atoms with Gasteiger partial charge in [0.15, 0.2) is 4.34 Å². The standard InChI is InChI=1S/C20H19ClN4O3S2/c1-3-28-19(27)23-18-24-25-20(30-18)29-16(13-7-5-4-6-8-13)17(26)22-14-10-9-12(2)15(21)11-14/h4-11,16H,3H2,1-2H3,(H,22,26)(H,23,24,27). The van der Waals surface area contributed by atoms with Gasteiger partial charge in [0.05, 0.1) is 6.61 Å². The minimum atomic E-state index is -0.598. The van der Waals surface area contributed by atoms with Gasteiger partial charge in [0.25, 0.3) is 0 Å². The third-order valence-corrected chi connectivity index (χ3v) is 6.47. The van der Waals surface area contributed by atoms with Crippen molar-refractivity contribution in [1.82, 2.24) is 10.2 Å². The Bertz CT molecular complexity index is 1030. The first-order valence-electron chi connectivity index (χ1n) is 9.02. The highest BCUT2D eigenvalue weighted by molar-refractivity contribution is 8.02. The molecule has 2 amide bonds. The van der Waals surface area contributed by atoms with Gasteiger partial charge in [-0.05, 0) is 37.1 Å². The number of nitrogens with one attached hydrogen (secondary N) is 2. The van der Waals surface area contributed by atoms with Gasteiger partial charge in [-0.3, -0.25) is 10.1 Å². The molecule has 2 N–H and O–H groups in total. The van der Waals surface area contributed by atoms with Crippen molar-refractivity contribution in [2.75, 3.05) is 17.2 Å². The number of rotatable bonds is 7. The lowest BCUT2D eigenvalue weighted by molar-refractivity contribution is -0.115. The fraction of sp³-hybridized carbons (Fsp3) is 0.200. The molecule has 3 rings (SSSR count). The van der Waals surface area contributed by atoms with Crippen LogP contribution in [0.2, 0.25) is 5.02 Å². The molecule has 1 unspecified atom stereocenters. The molecule has 30 heavy (non-hydrogen) atoms. The van der Waals surface area contributed by atoms with Gasteiger partial charge < -0.3 is 10.1 Å². The van der Waals surface area contributed by atoms with Gasteiger partial charge in [-0.1, -0.05) is 71.1 Å². The lowest BCUT2D eigenvalue weighted by Crippen LogP contribution is -2.19. The predicted octanol–water partition coefficient (Wildman–Crippen LogP) is 5.54. The molecular weight excluding hydrogens is 444 g/mol. The van der Waals surface area contributed by atoms with Gasteiger partial charge in [0.2, 0.25) is 11.0 Å². The molecule has 0 saturated carbocycles. The molecule has 1 aromatic heterocycles. The van der Waals surface area contributed by atoms with Gasteiger partial charge in [-0.25, -0.2) is 4.79 Å². The lowest BCUT2D eigenvalue weighted by atomic mass is 10.1. The largest absolute Gasteiger partial charge is 0.450 e. The van der Waals surface area contributed by atoms with Gasteiger partial charge >= 0.3 is 6.09 Å². The van der Waals surface area contributed by atoms with Crippen LogP contribution in [-0.2, 0) is 9.53 Å². The van der Waals surface area contributed by atoms with E-state index in [4.69, 9.17) is 16.3 Å². The number of halogens is 1. The quantitative estimate of drug-likeness (QED) is 0.353. The highest BCUT2D eigenvalue weighted by Crippen LogP contribution is 2.38. The molecule has 7 nitrogen and oxygen atoms in total. The predicted molar refractivity (Wildman–Crippen MR) is 120 cm³/mol. The summed E-state index contributed by atoms with van der Waals surface area (Å²) in [6.07, 6.45) is -0.598. The van der Waals surface area contributed by atoms with Crippen LogP contribution in [0, 0.1) is 6.92 Å². The smallest absolute Gasteiger partial charge is 0.413 e. The summed E-state index contributed by atoms with van der Waals surface area (Å²) in [5.74, 6) is -0.221. The Kier molecular flexibility index (Phi) is 7.67. The molecule has 0 spiro atoms. The van der Waals surface area contributed by atoms with E-state index in [-0.39, 0.29) is 12.5 Å². The van der Waals surface area contributed by atoms with Crippen molar-refractivity contribution in [3.8, 4) is 0 Å². The van der Waals surface area contributed by atoms with Crippen LogP contribution < -0.4 is 10.6 Å². The lowest BCUT2D eigenvalue weighted by Gasteiger charge is -2.16. The Morgan fingerprint density at radius 1 is 1.17 bits per heavy atom. The summed E-state index contributed by atoms with van der Waals surface area (Å²) < 4.78 is 5.37. The van der Waals surface area contributed by atoms with E-state index >= 15 is 0 Å². The van der Waals surface area contributed by atoms with Crippen molar-refractivity contribution in [3.63, 3.8) is 0 Å². The second-order valence-corrected chi connectivity index (χ2v) is 8.82. The summed E-state index contributed by atoms with van der Waals surface area (Å²) in [7, 11) is 0. The molecule has 0 bridgehead atoms. The molecule has 0 aliphatic rings. The van der Waals surface area contributed by atoms with E-state index in [1.165, 1.54) is 23.1 Å². The molecule has 156 valence electrons. The van der Waals surface area contributed by atoms with Crippen molar-refractivity contribution in [2.24, 2.45) is 0 Å². The van der Waals surface area contributed by atoms with Crippen LogP contribution in [-0.4, -0.2) is 28.8 Å².